The van der Waals surface area contributed by atoms with Gasteiger partial charge in [-0.15, -0.1) is 0 Å². The molecule has 1 aliphatic rings. The third kappa shape index (κ3) is 4.85. The summed E-state index contributed by atoms with van der Waals surface area (Å²) in [7, 11) is -3.99. The number of hydrogen-bond acceptors (Lipinski definition) is 4. The average molecular weight is 431 g/mol. The number of anilines is 1. The monoisotopic (exact) mass is 430 g/mol. The van der Waals surface area contributed by atoms with Gasteiger partial charge in [-0.25, -0.2) is 21.9 Å². The maximum absolute atomic E-state index is 13.7. The molecule has 0 aromatic heterocycles. The molecule has 1 saturated heterocycles. The Morgan fingerprint density at radius 1 is 1.21 bits per heavy atom. The van der Waals surface area contributed by atoms with Crippen molar-refractivity contribution in [2.24, 2.45) is 0 Å². The summed E-state index contributed by atoms with van der Waals surface area (Å²) in [5.74, 6) is -2.50. The molecule has 0 saturated carbocycles. The van der Waals surface area contributed by atoms with Crippen LogP contribution < -0.4 is 10.0 Å². The number of carbonyl (C=O) groups excluding carboxylic acids is 1. The third-order valence-corrected chi connectivity index (χ3v) is 6.09. The lowest BCUT2D eigenvalue weighted by Crippen LogP contribution is -2.32. The van der Waals surface area contributed by atoms with Crippen LogP contribution in [0.1, 0.15) is 23.2 Å². The Balaban J connectivity index is 1.78. The highest BCUT2D eigenvalue weighted by molar-refractivity contribution is 7.89. The van der Waals surface area contributed by atoms with Crippen molar-refractivity contribution in [1.29, 1.82) is 0 Å². The first-order valence-corrected chi connectivity index (χ1v) is 10.3. The Kier molecular flexibility index (Phi) is 6.29. The van der Waals surface area contributed by atoms with Crippen molar-refractivity contribution in [3.8, 4) is 0 Å². The van der Waals surface area contributed by atoms with E-state index in [1.165, 1.54) is 12.1 Å². The van der Waals surface area contributed by atoms with E-state index in [1.54, 1.807) is 0 Å². The van der Waals surface area contributed by atoms with Gasteiger partial charge in [-0.3, -0.25) is 4.79 Å². The van der Waals surface area contributed by atoms with Crippen LogP contribution in [0.25, 0.3) is 0 Å². The number of amides is 1. The largest absolute Gasteiger partial charge is 0.377 e. The van der Waals surface area contributed by atoms with Crippen LogP contribution in [0.5, 0.6) is 0 Å². The molecule has 1 heterocycles. The average Bonchev–Trinajstić information content (AvgIpc) is 3.16. The summed E-state index contributed by atoms with van der Waals surface area (Å²) >= 11 is 6.00. The fourth-order valence-corrected chi connectivity index (χ4v) is 4.31. The van der Waals surface area contributed by atoms with Crippen LogP contribution in [-0.2, 0) is 14.8 Å². The Morgan fingerprint density at radius 3 is 2.68 bits per heavy atom. The number of halogens is 3. The van der Waals surface area contributed by atoms with Gasteiger partial charge in [0.25, 0.3) is 5.91 Å². The smallest absolute Gasteiger partial charge is 0.255 e. The van der Waals surface area contributed by atoms with Gasteiger partial charge >= 0.3 is 0 Å². The van der Waals surface area contributed by atoms with Gasteiger partial charge < -0.3 is 10.1 Å². The highest BCUT2D eigenvalue weighted by atomic mass is 35.5. The molecule has 0 aliphatic carbocycles. The Bertz CT molecular complexity index is 995. The van der Waals surface area contributed by atoms with Gasteiger partial charge in [0, 0.05) is 24.8 Å². The highest BCUT2D eigenvalue weighted by Gasteiger charge is 2.23. The van der Waals surface area contributed by atoms with E-state index >= 15 is 0 Å². The van der Waals surface area contributed by atoms with Gasteiger partial charge in [-0.1, -0.05) is 11.6 Å². The molecule has 0 unspecified atom stereocenters. The molecule has 6 nitrogen and oxygen atoms in total. The summed E-state index contributed by atoms with van der Waals surface area (Å²) in [4.78, 5) is 12.1. The lowest BCUT2D eigenvalue weighted by molar-refractivity contribution is 0.102. The first-order valence-electron chi connectivity index (χ1n) is 8.43. The number of carbonyl (C=O) groups is 1. The Morgan fingerprint density at radius 2 is 2.00 bits per heavy atom. The van der Waals surface area contributed by atoms with E-state index in [2.05, 4.69) is 10.0 Å². The molecule has 2 aromatic carbocycles. The Labute approximate surface area is 165 Å². The van der Waals surface area contributed by atoms with Crippen molar-refractivity contribution in [2.75, 3.05) is 18.5 Å². The second-order valence-corrected chi connectivity index (χ2v) is 8.35. The fraction of sp³-hybridized carbons (Fsp3) is 0.278. The van der Waals surface area contributed by atoms with Gasteiger partial charge in [0.2, 0.25) is 10.0 Å². The van der Waals surface area contributed by atoms with Crippen LogP contribution in [0.4, 0.5) is 14.5 Å². The van der Waals surface area contributed by atoms with Crippen LogP contribution >= 0.6 is 11.6 Å². The van der Waals surface area contributed by atoms with E-state index in [-0.39, 0.29) is 33.8 Å². The van der Waals surface area contributed by atoms with Gasteiger partial charge in [0.15, 0.2) is 0 Å². The van der Waals surface area contributed by atoms with E-state index in [0.29, 0.717) is 12.7 Å². The summed E-state index contributed by atoms with van der Waals surface area (Å²) in [6.07, 6.45) is 1.41. The standard InChI is InChI=1S/C18H17ClF2N2O4S/c19-14-5-3-11(18(24)23-16-6-4-12(20)9-15(16)21)8-17(14)28(25,26)22-10-13-2-1-7-27-13/h3-6,8-9,13,22H,1-2,7,10H2,(H,23,24)/t13-/m0/s1. The van der Waals surface area contributed by atoms with E-state index in [4.69, 9.17) is 16.3 Å². The van der Waals surface area contributed by atoms with Crippen LogP contribution in [0, 0.1) is 11.6 Å². The van der Waals surface area contributed by atoms with E-state index < -0.39 is 27.6 Å². The van der Waals surface area contributed by atoms with Crippen LogP contribution in [0.3, 0.4) is 0 Å². The summed E-state index contributed by atoms with van der Waals surface area (Å²) in [6.45, 7) is 0.679. The SMILES string of the molecule is O=C(Nc1ccc(F)cc1F)c1ccc(Cl)c(S(=O)(=O)NC[C@@H]2CCCO2)c1. The van der Waals surface area contributed by atoms with E-state index in [1.807, 2.05) is 0 Å². The second kappa shape index (κ2) is 8.52. The zero-order valence-corrected chi connectivity index (χ0v) is 16.1. The minimum atomic E-state index is -3.99. The maximum Gasteiger partial charge on any atom is 0.255 e. The number of benzene rings is 2. The van der Waals surface area contributed by atoms with Crippen LogP contribution in [0.2, 0.25) is 5.02 Å². The molecule has 1 fully saturated rings. The normalized spacial score (nSPS) is 16.9. The summed E-state index contributed by atoms with van der Waals surface area (Å²) < 4.78 is 59.6. The predicted molar refractivity (Wildman–Crippen MR) is 99.9 cm³/mol. The van der Waals surface area contributed by atoms with Crippen LogP contribution in [0.15, 0.2) is 41.3 Å². The van der Waals surface area contributed by atoms with Crippen molar-refractivity contribution < 1.29 is 26.7 Å². The zero-order valence-electron chi connectivity index (χ0n) is 14.5. The molecular weight excluding hydrogens is 414 g/mol. The van der Waals surface area contributed by atoms with Gasteiger partial charge in [-0.05, 0) is 43.2 Å². The topological polar surface area (TPSA) is 84.5 Å². The predicted octanol–water partition coefficient (Wildman–Crippen LogP) is 3.33. The molecule has 0 spiro atoms. The lowest BCUT2D eigenvalue weighted by Gasteiger charge is -2.13. The minimum Gasteiger partial charge on any atom is -0.377 e. The maximum atomic E-state index is 13.7. The molecule has 150 valence electrons. The molecule has 3 rings (SSSR count). The highest BCUT2D eigenvalue weighted by Crippen LogP contribution is 2.24. The van der Waals surface area contributed by atoms with Crippen molar-refractivity contribution in [3.05, 3.63) is 58.6 Å². The Hall–Kier alpha value is -2.07. The van der Waals surface area contributed by atoms with Crippen molar-refractivity contribution >= 4 is 33.2 Å². The quantitative estimate of drug-likeness (QED) is 0.736. The summed E-state index contributed by atoms with van der Waals surface area (Å²) in [6, 6.07) is 6.35. The van der Waals surface area contributed by atoms with Gasteiger partial charge in [0.1, 0.15) is 16.5 Å². The van der Waals surface area contributed by atoms with Gasteiger partial charge in [-0.2, -0.15) is 0 Å². The summed E-state index contributed by atoms with van der Waals surface area (Å²) in [5, 5.41) is 2.20. The molecule has 1 aliphatic heterocycles. The van der Waals surface area contributed by atoms with Crippen LogP contribution in [-0.4, -0.2) is 33.6 Å². The number of nitrogens with one attached hydrogen (secondary N) is 2. The first-order chi connectivity index (χ1) is 13.3. The molecule has 10 heteroatoms. The number of hydrogen-bond donors (Lipinski definition) is 2. The third-order valence-electron chi connectivity index (χ3n) is 4.19. The van der Waals surface area contributed by atoms with E-state index in [9.17, 15) is 22.0 Å². The molecular formula is C18H17ClF2N2O4S. The first kappa shape index (κ1) is 20.7. The van der Waals surface area contributed by atoms with E-state index in [0.717, 1.165) is 31.0 Å². The van der Waals surface area contributed by atoms with Crippen molar-refractivity contribution in [1.82, 2.24) is 4.72 Å². The molecule has 0 radical (unpaired) electrons. The van der Waals surface area contributed by atoms with Crippen molar-refractivity contribution in [3.63, 3.8) is 0 Å². The molecule has 0 bridgehead atoms. The lowest BCUT2D eigenvalue weighted by atomic mass is 10.2. The fourth-order valence-electron chi connectivity index (χ4n) is 2.72. The minimum absolute atomic E-state index is 0.0504. The summed E-state index contributed by atoms with van der Waals surface area (Å²) in [5.41, 5.74) is -0.284. The number of rotatable bonds is 6. The van der Waals surface area contributed by atoms with Gasteiger partial charge in [0.05, 0.1) is 16.8 Å². The molecule has 28 heavy (non-hydrogen) atoms. The number of sulfonamides is 1. The molecule has 1 atom stereocenters. The van der Waals surface area contributed by atoms with Crippen molar-refractivity contribution in [2.45, 2.75) is 23.8 Å². The molecule has 1 amide bonds. The number of ether oxygens (including phenoxy) is 1. The zero-order chi connectivity index (χ0) is 20.3. The molecule has 2 N–H and O–H groups in total. The second-order valence-electron chi connectivity index (χ2n) is 6.21. The molecule has 2 aromatic rings.